The van der Waals surface area contributed by atoms with Crippen LogP contribution in [0.3, 0.4) is 0 Å². The second-order valence-electron chi connectivity index (χ2n) is 11.0. The van der Waals surface area contributed by atoms with Crippen LogP contribution in [-0.2, 0) is 54.0 Å². The first kappa shape index (κ1) is 44.2. The third kappa shape index (κ3) is 34.0. The molecule has 0 aliphatic rings. The van der Waals surface area contributed by atoms with Gasteiger partial charge in [0.15, 0.2) is 0 Å². The Morgan fingerprint density at radius 1 is 0.458 bits per heavy atom. The van der Waals surface area contributed by atoms with Crippen molar-refractivity contribution >= 4 is 6.09 Å². The van der Waals surface area contributed by atoms with Crippen molar-refractivity contribution < 1.29 is 52.2 Å². The van der Waals surface area contributed by atoms with Gasteiger partial charge in [0.05, 0.1) is 112 Å². The molecule has 0 fully saturated rings. The molecule has 0 bridgehead atoms. The van der Waals surface area contributed by atoms with Crippen LogP contribution in [0, 0.1) is 0 Å². The van der Waals surface area contributed by atoms with E-state index < -0.39 is 6.09 Å². The highest BCUT2D eigenvalue weighted by Crippen LogP contribution is 2.08. The van der Waals surface area contributed by atoms with Crippen LogP contribution in [0.4, 0.5) is 4.79 Å². The lowest BCUT2D eigenvalue weighted by atomic mass is 10.1. The van der Waals surface area contributed by atoms with Crippen molar-refractivity contribution in [3.8, 4) is 0 Å². The van der Waals surface area contributed by atoms with Gasteiger partial charge in [0.2, 0.25) is 0 Å². The van der Waals surface area contributed by atoms with Crippen molar-refractivity contribution in [3.63, 3.8) is 0 Å². The summed E-state index contributed by atoms with van der Waals surface area (Å²) in [5, 5.41) is 2.65. The average molecular weight is 688 g/mol. The lowest BCUT2D eigenvalue weighted by Gasteiger charge is -2.09. The van der Waals surface area contributed by atoms with E-state index in [0.29, 0.717) is 119 Å². The predicted octanol–water partition coefficient (Wildman–Crippen LogP) is 5.20. The van der Waals surface area contributed by atoms with Crippen LogP contribution in [0.15, 0.2) is 30.3 Å². The third-order valence-electron chi connectivity index (χ3n) is 6.85. The number of hydrogen-bond acceptors (Lipinski definition) is 11. The van der Waals surface area contributed by atoms with Gasteiger partial charge in [0, 0.05) is 13.2 Å². The smallest absolute Gasteiger partial charge is 0.407 e. The minimum Gasteiger partial charge on any atom is -0.445 e. The number of ether oxygens (including phenoxy) is 10. The molecule has 1 N–H and O–H groups in total. The molecule has 280 valence electrons. The molecule has 0 spiro atoms. The van der Waals surface area contributed by atoms with E-state index in [4.69, 9.17) is 47.4 Å². The Labute approximate surface area is 289 Å². The zero-order valence-electron chi connectivity index (χ0n) is 29.7. The van der Waals surface area contributed by atoms with Crippen molar-refractivity contribution in [2.45, 2.75) is 64.9 Å². The fourth-order valence-electron chi connectivity index (χ4n) is 4.20. The van der Waals surface area contributed by atoms with Crippen LogP contribution >= 0.6 is 0 Å². The normalized spacial score (nSPS) is 11.3. The maximum absolute atomic E-state index is 11.6. The van der Waals surface area contributed by atoms with Crippen LogP contribution in [0.2, 0.25) is 0 Å². The molecule has 0 heterocycles. The number of hydrogen-bond donors (Lipinski definition) is 1. The molecule has 12 nitrogen and oxygen atoms in total. The Morgan fingerprint density at radius 2 is 0.812 bits per heavy atom. The van der Waals surface area contributed by atoms with E-state index in [-0.39, 0.29) is 6.61 Å². The van der Waals surface area contributed by atoms with Gasteiger partial charge in [-0.15, -0.1) is 0 Å². The summed E-state index contributed by atoms with van der Waals surface area (Å²) in [6, 6.07) is 9.52. The summed E-state index contributed by atoms with van der Waals surface area (Å²) in [6.45, 7) is 12.4. The average Bonchev–Trinajstić information content (AvgIpc) is 3.11. The summed E-state index contributed by atoms with van der Waals surface area (Å²) in [5.74, 6) is 0. The Balaban J connectivity index is 1.63. The van der Waals surface area contributed by atoms with Crippen LogP contribution in [0.25, 0.3) is 0 Å². The minimum atomic E-state index is -0.465. The fourth-order valence-corrected chi connectivity index (χ4v) is 4.20. The molecule has 0 saturated heterocycles. The van der Waals surface area contributed by atoms with E-state index in [0.717, 1.165) is 18.6 Å². The number of benzene rings is 1. The molecule has 48 heavy (non-hydrogen) atoms. The van der Waals surface area contributed by atoms with Crippen molar-refractivity contribution in [3.05, 3.63) is 35.9 Å². The molecule has 0 aliphatic heterocycles. The molecule has 1 aromatic carbocycles. The molecule has 12 heteroatoms. The molecule has 0 unspecified atom stereocenters. The lowest BCUT2D eigenvalue weighted by Crippen LogP contribution is -2.28. The number of alkyl carbamates (subject to hydrolysis) is 1. The van der Waals surface area contributed by atoms with E-state index in [1.54, 1.807) is 0 Å². The first-order valence-electron chi connectivity index (χ1n) is 18.0. The van der Waals surface area contributed by atoms with Crippen LogP contribution in [-0.4, -0.2) is 132 Å². The molecule has 0 saturated carbocycles. The van der Waals surface area contributed by atoms with Gasteiger partial charge in [-0.1, -0.05) is 82.2 Å². The zero-order valence-corrected chi connectivity index (χ0v) is 29.7. The van der Waals surface area contributed by atoms with Gasteiger partial charge in [-0.05, 0) is 12.0 Å². The number of carbonyl (C=O) groups excluding carboxylic acids is 1. The van der Waals surface area contributed by atoms with E-state index in [1.807, 2.05) is 30.3 Å². The maximum atomic E-state index is 11.6. The summed E-state index contributed by atoms with van der Waals surface area (Å²) >= 11 is 0. The van der Waals surface area contributed by atoms with Crippen molar-refractivity contribution in [2.24, 2.45) is 0 Å². The van der Waals surface area contributed by atoms with Crippen LogP contribution < -0.4 is 5.32 Å². The van der Waals surface area contributed by atoms with E-state index in [1.165, 1.54) is 44.9 Å². The minimum absolute atomic E-state index is 0.242. The topological polar surface area (TPSA) is 121 Å². The largest absolute Gasteiger partial charge is 0.445 e. The van der Waals surface area contributed by atoms with Gasteiger partial charge < -0.3 is 52.7 Å². The highest BCUT2D eigenvalue weighted by molar-refractivity contribution is 5.67. The fraction of sp³-hybridized carbons (Fsp3) is 0.806. The third-order valence-corrected chi connectivity index (χ3v) is 6.85. The molecular weight excluding hydrogens is 622 g/mol. The zero-order chi connectivity index (χ0) is 34.3. The Bertz CT molecular complexity index is 776. The number of rotatable bonds is 38. The maximum Gasteiger partial charge on any atom is 0.407 e. The molecule has 0 radical (unpaired) electrons. The molecule has 1 rings (SSSR count). The lowest BCUT2D eigenvalue weighted by molar-refractivity contribution is -0.0249. The van der Waals surface area contributed by atoms with Gasteiger partial charge in [0.25, 0.3) is 0 Å². The summed E-state index contributed by atoms with van der Waals surface area (Å²) < 4.78 is 54.6. The van der Waals surface area contributed by atoms with Crippen molar-refractivity contribution in [1.82, 2.24) is 5.32 Å². The number of nitrogens with one attached hydrogen (secondary N) is 1. The summed E-state index contributed by atoms with van der Waals surface area (Å²) in [7, 11) is 0. The second-order valence-corrected chi connectivity index (χ2v) is 11.0. The van der Waals surface area contributed by atoms with Crippen LogP contribution in [0.5, 0.6) is 0 Å². The highest BCUT2D eigenvalue weighted by Gasteiger charge is 2.02. The van der Waals surface area contributed by atoms with Gasteiger partial charge >= 0.3 is 6.09 Å². The summed E-state index contributed by atoms with van der Waals surface area (Å²) in [5.41, 5.74) is 0.941. The van der Waals surface area contributed by atoms with Crippen LogP contribution in [0.1, 0.15) is 63.9 Å². The summed E-state index contributed by atoms with van der Waals surface area (Å²) in [4.78, 5) is 11.6. The molecule has 0 aliphatic carbocycles. The first-order chi connectivity index (χ1) is 23.8. The van der Waals surface area contributed by atoms with Gasteiger partial charge in [0.1, 0.15) is 6.61 Å². The standard InChI is InChI=1S/C36H65NO11/c1-2-3-4-5-6-7-8-12-16-39-18-20-41-22-24-43-26-28-45-30-32-47-33-31-46-29-27-44-25-23-42-21-19-40-17-15-37-36(38)48-34-35-13-10-9-11-14-35/h9-11,13-14H,2-8,12,15-34H2,1H3,(H,37,38). The Hall–Kier alpha value is -1.87. The second kappa shape index (κ2) is 37.9. The number of carbonyl (C=O) groups is 1. The van der Waals surface area contributed by atoms with E-state index >= 15 is 0 Å². The van der Waals surface area contributed by atoms with E-state index in [2.05, 4.69) is 12.2 Å². The first-order valence-corrected chi connectivity index (χ1v) is 18.0. The quantitative estimate of drug-likeness (QED) is 0.0924. The van der Waals surface area contributed by atoms with E-state index in [9.17, 15) is 4.79 Å². The van der Waals surface area contributed by atoms with Crippen molar-refractivity contribution in [2.75, 3.05) is 125 Å². The molecular formula is C36H65NO11. The Kier molecular flexibility index (Phi) is 34.9. The monoisotopic (exact) mass is 687 g/mol. The molecule has 0 aromatic heterocycles. The summed E-state index contributed by atoms with van der Waals surface area (Å²) in [6.07, 6.45) is 10.0. The molecule has 1 amide bonds. The highest BCUT2D eigenvalue weighted by atomic mass is 16.6. The van der Waals surface area contributed by atoms with Gasteiger partial charge in [-0.25, -0.2) is 4.79 Å². The van der Waals surface area contributed by atoms with Crippen molar-refractivity contribution in [1.29, 1.82) is 0 Å². The molecule has 1 aromatic rings. The SMILES string of the molecule is CCCCCCCCCCOCCOCCOCCOCCOCCOCCOCCOCCOCCNC(=O)OCc1ccccc1. The molecule has 0 atom stereocenters. The Morgan fingerprint density at radius 3 is 1.23 bits per heavy atom. The predicted molar refractivity (Wildman–Crippen MR) is 185 cm³/mol. The number of amides is 1. The number of unbranched alkanes of at least 4 members (excludes halogenated alkanes) is 7. The van der Waals surface area contributed by atoms with Gasteiger partial charge in [-0.3, -0.25) is 0 Å². The van der Waals surface area contributed by atoms with Gasteiger partial charge in [-0.2, -0.15) is 0 Å².